The van der Waals surface area contributed by atoms with E-state index in [1.54, 1.807) is 0 Å². The van der Waals surface area contributed by atoms with Crippen LogP contribution >= 0.6 is 15.9 Å². The normalized spacial score (nSPS) is 12.4. The summed E-state index contributed by atoms with van der Waals surface area (Å²) in [5.41, 5.74) is 3.98. The van der Waals surface area contributed by atoms with Crippen molar-refractivity contribution in [1.82, 2.24) is 5.32 Å². The van der Waals surface area contributed by atoms with Crippen LogP contribution in [0.2, 0.25) is 0 Å². The molecule has 1 nitrogen and oxygen atoms in total. The first kappa shape index (κ1) is 14.3. The van der Waals surface area contributed by atoms with Crippen LogP contribution in [0.3, 0.4) is 0 Å². The van der Waals surface area contributed by atoms with E-state index in [4.69, 9.17) is 0 Å². The predicted octanol–water partition coefficient (Wildman–Crippen LogP) is 4.71. The van der Waals surface area contributed by atoms with Crippen molar-refractivity contribution in [2.45, 2.75) is 26.3 Å². The van der Waals surface area contributed by atoms with Gasteiger partial charge < -0.3 is 5.32 Å². The summed E-state index contributed by atoms with van der Waals surface area (Å²) in [5.74, 6) is 0. The molecule has 19 heavy (non-hydrogen) atoms. The molecule has 2 heteroatoms. The SMILES string of the molecule is CCNC(c1ccc(CC)cc1)c1ccccc1Br. The van der Waals surface area contributed by atoms with E-state index >= 15 is 0 Å². The molecule has 0 radical (unpaired) electrons. The molecule has 0 aromatic heterocycles. The molecule has 0 fully saturated rings. The highest BCUT2D eigenvalue weighted by Crippen LogP contribution is 2.28. The summed E-state index contributed by atoms with van der Waals surface area (Å²) < 4.78 is 1.15. The molecule has 0 aliphatic rings. The first-order chi connectivity index (χ1) is 9.26. The minimum Gasteiger partial charge on any atom is -0.306 e. The zero-order chi connectivity index (χ0) is 13.7. The van der Waals surface area contributed by atoms with Crippen LogP contribution in [-0.4, -0.2) is 6.54 Å². The Hall–Kier alpha value is -1.12. The van der Waals surface area contributed by atoms with E-state index in [1.165, 1.54) is 16.7 Å². The fourth-order valence-electron chi connectivity index (χ4n) is 2.27. The summed E-state index contributed by atoms with van der Waals surface area (Å²) in [6.07, 6.45) is 1.08. The van der Waals surface area contributed by atoms with Gasteiger partial charge in [-0.15, -0.1) is 0 Å². The predicted molar refractivity (Wildman–Crippen MR) is 85.5 cm³/mol. The minimum absolute atomic E-state index is 0.242. The number of benzene rings is 2. The Morgan fingerprint density at radius 2 is 1.68 bits per heavy atom. The lowest BCUT2D eigenvalue weighted by molar-refractivity contribution is 0.628. The largest absolute Gasteiger partial charge is 0.306 e. The molecule has 0 saturated carbocycles. The average molecular weight is 318 g/mol. The molecule has 1 atom stereocenters. The van der Waals surface area contributed by atoms with Crippen LogP contribution in [0, 0.1) is 0 Å². The highest BCUT2D eigenvalue weighted by molar-refractivity contribution is 9.10. The maximum Gasteiger partial charge on any atom is 0.0587 e. The number of aryl methyl sites for hydroxylation is 1. The van der Waals surface area contributed by atoms with Crippen molar-refractivity contribution in [3.63, 3.8) is 0 Å². The van der Waals surface area contributed by atoms with Crippen LogP contribution in [0.25, 0.3) is 0 Å². The first-order valence-electron chi connectivity index (χ1n) is 6.83. The summed E-state index contributed by atoms with van der Waals surface area (Å²) in [5, 5.41) is 3.56. The molecule has 0 saturated heterocycles. The zero-order valence-corrected chi connectivity index (χ0v) is 13.1. The van der Waals surface area contributed by atoms with E-state index in [0.717, 1.165) is 17.4 Å². The number of hydrogen-bond donors (Lipinski definition) is 1. The van der Waals surface area contributed by atoms with E-state index in [2.05, 4.69) is 83.6 Å². The van der Waals surface area contributed by atoms with Gasteiger partial charge in [0.1, 0.15) is 0 Å². The number of halogens is 1. The molecule has 2 rings (SSSR count). The summed E-state index contributed by atoms with van der Waals surface area (Å²) in [6.45, 7) is 5.27. The van der Waals surface area contributed by atoms with Crippen LogP contribution in [0.5, 0.6) is 0 Å². The first-order valence-corrected chi connectivity index (χ1v) is 7.62. The molecule has 1 unspecified atom stereocenters. The van der Waals surface area contributed by atoms with Crippen molar-refractivity contribution in [3.8, 4) is 0 Å². The lowest BCUT2D eigenvalue weighted by Crippen LogP contribution is -2.22. The van der Waals surface area contributed by atoms with Gasteiger partial charge in [0.25, 0.3) is 0 Å². The molecule has 0 amide bonds. The van der Waals surface area contributed by atoms with Gasteiger partial charge in [-0.3, -0.25) is 0 Å². The van der Waals surface area contributed by atoms with Crippen molar-refractivity contribution in [2.24, 2.45) is 0 Å². The van der Waals surface area contributed by atoms with E-state index in [0.29, 0.717) is 0 Å². The maximum absolute atomic E-state index is 3.65. The molecule has 100 valence electrons. The van der Waals surface area contributed by atoms with Crippen molar-refractivity contribution >= 4 is 15.9 Å². The van der Waals surface area contributed by atoms with Crippen molar-refractivity contribution in [2.75, 3.05) is 6.54 Å². The Morgan fingerprint density at radius 3 is 2.26 bits per heavy atom. The zero-order valence-electron chi connectivity index (χ0n) is 11.5. The van der Waals surface area contributed by atoms with Gasteiger partial charge in [-0.05, 0) is 35.7 Å². The summed E-state index contributed by atoms with van der Waals surface area (Å²) in [6, 6.07) is 17.5. The monoisotopic (exact) mass is 317 g/mol. The Kier molecular flexibility index (Phi) is 5.17. The molecule has 0 heterocycles. The highest BCUT2D eigenvalue weighted by atomic mass is 79.9. The number of hydrogen-bond acceptors (Lipinski definition) is 1. The second kappa shape index (κ2) is 6.88. The lowest BCUT2D eigenvalue weighted by Gasteiger charge is -2.20. The van der Waals surface area contributed by atoms with Gasteiger partial charge >= 0.3 is 0 Å². The molecule has 2 aromatic rings. The van der Waals surface area contributed by atoms with Crippen molar-refractivity contribution < 1.29 is 0 Å². The maximum atomic E-state index is 3.65. The molecule has 0 bridgehead atoms. The Bertz CT molecular complexity index is 519. The second-order valence-electron chi connectivity index (χ2n) is 4.61. The summed E-state index contributed by atoms with van der Waals surface area (Å²) >= 11 is 3.65. The molecule has 0 spiro atoms. The molecular formula is C17H20BrN. The lowest BCUT2D eigenvalue weighted by atomic mass is 9.97. The van der Waals surface area contributed by atoms with E-state index in [9.17, 15) is 0 Å². The smallest absolute Gasteiger partial charge is 0.0587 e. The van der Waals surface area contributed by atoms with Gasteiger partial charge in [0.05, 0.1) is 6.04 Å². The molecule has 0 aliphatic heterocycles. The fraction of sp³-hybridized carbons (Fsp3) is 0.294. The highest BCUT2D eigenvalue weighted by Gasteiger charge is 2.15. The Balaban J connectivity index is 2.36. The van der Waals surface area contributed by atoms with Crippen LogP contribution < -0.4 is 5.32 Å². The van der Waals surface area contributed by atoms with Gasteiger partial charge in [-0.1, -0.05) is 72.2 Å². The minimum atomic E-state index is 0.242. The Morgan fingerprint density at radius 1 is 1.00 bits per heavy atom. The van der Waals surface area contributed by atoms with Crippen LogP contribution in [0.4, 0.5) is 0 Å². The third-order valence-electron chi connectivity index (χ3n) is 3.35. The third-order valence-corrected chi connectivity index (χ3v) is 4.07. The molecular weight excluding hydrogens is 298 g/mol. The van der Waals surface area contributed by atoms with Gasteiger partial charge in [0.2, 0.25) is 0 Å². The molecule has 1 N–H and O–H groups in total. The molecule has 2 aromatic carbocycles. The molecule has 0 aliphatic carbocycles. The third kappa shape index (κ3) is 3.46. The van der Waals surface area contributed by atoms with Gasteiger partial charge in [0.15, 0.2) is 0 Å². The topological polar surface area (TPSA) is 12.0 Å². The summed E-state index contributed by atoms with van der Waals surface area (Å²) in [7, 11) is 0. The summed E-state index contributed by atoms with van der Waals surface area (Å²) in [4.78, 5) is 0. The quantitative estimate of drug-likeness (QED) is 0.842. The van der Waals surface area contributed by atoms with Gasteiger partial charge in [0, 0.05) is 4.47 Å². The van der Waals surface area contributed by atoms with E-state index in [1.807, 2.05) is 0 Å². The number of rotatable bonds is 5. The average Bonchev–Trinajstić information content (AvgIpc) is 2.46. The van der Waals surface area contributed by atoms with Gasteiger partial charge in [-0.25, -0.2) is 0 Å². The number of nitrogens with one attached hydrogen (secondary N) is 1. The second-order valence-corrected chi connectivity index (χ2v) is 5.46. The van der Waals surface area contributed by atoms with E-state index < -0.39 is 0 Å². The van der Waals surface area contributed by atoms with Gasteiger partial charge in [-0.2, -0.15) is 0 Å². The fourth-order valence-corrected chi connectivity index (χ4v) is 2.78. The van der Waals surface area contributed by atoms with Crippen LogP contribution in [0.15, 0.2) is 53.0 Å². The standard InChI is InChI=1S/C17H20BrN/c1-3-13-9-11-14(12-10-13)17(19-4-2)15-7-5-6-8-16(15)18/h5-12,17,19H,3-4H2,1-2H3. The van der Waals surface area contributed by atoms with E-state index in [-0.39, 0.29) is 6.04 Å². The van der Waals surface area contributed by atoms with Crippen molar-refractivity contribution in [1.29, 1.82) is 0 Å². The Labute approximate surface area is 124 Å². The van der Waals surface area contributed by atoms with Crippen molar-refractivity contribution in [3.05, 3.63) is 69.7 Å². The van der Waals surface area contributed by atoms with Crippen LogP contribution in [-0.2, 0) is 6.42 Å². The van der Waals surface area contributed by atoms with Crippen LogP contribution in [0.1, 0.15) is 36.6 Å².